The van der Waals surface area contributed by atoms with Gasteiger partial charge in [-0.3, -0.25) is 4.79 Å². The summed E-state index contributed by atoms with van der Waals surface area (Å²) < 4.78 is 9.59. The van der Waals surface area contributed by atoms with Gasteiger partial charge in [0.1, 0.15) is 0 Å². The van der Waals surface area contributed by atoms with Crippen molar-refractivity contribution in [3.05, 3.63) is 0 Å². The maximum Gasteiger partial charge on any atom is 0.305 e. The molecule has 0 amide bonds. The second-order valence-corrected chi connectivity index (χ2v) is 2.74. The van der Waals surface area contributed by atoms with Crippen molar-refractivity contribution < 1.29 is 14.3 Å². The highest BCUT2D eigenvalue weighted by atomic mass is 16.5. The van der Waals surface area contributed by atoms with E-state index in [1.807, 2.05) is 0 Å². The van der Waals surface area contributed by atoms with Crippen LogP contribution in [0, 0.1) is 5.92 Å². The molecule has 1 aliphatic heterocycles. The number of hydrogen-bond acceptors (Lipinski definition) is 4. The van der Waals surface area contributed by atoms with Gasteiger partial charge in [-0.25, -0.2) is 0 Å². The van der Waals surface area contributed by atoms with Gasteiger partial charge in [0.2, 0.25) is 0 Å². The number of nitrogens with two attached hydrogens (primary N) is 1. The van der Waals surface area contributed by atoms with Crippen LogP contribution < -0.4 is 5.73 Å². The Kier molecular flexibility index (Phi) is 2.84. The summed E-state index contributed by atoms with van der Waals surface area (Å²) in [5, 5.41) is 0. The highest BCUT2D eigenvalue weighted by Gasteiger charge is 2.27. The van der Waals surface area contributed by atoms with Crippen molar-refractivity contribution in [2.75, 3.05) is 20.3 Å². The first kappa shape index (κ1) is 8.49. The van der Waals surface area contributed by atoms with Crippen molar-refractivity contribution in [1.29, 1.82) is 0 Å². The van der Waals surface area contributed by atoms with Gasteiger partial charge in [-0.2, -0.15) is 0 Å². The van der Waals surface area contributed by atoms with Gasteiger partial charge in [-0.05, 0) is 0 Å². The Morgan fingerprint density at radius 3 is 2.91 bits per heavy atom. The van der Waals surface area contributed by atoms with Crippen molar-refractivity contribution in [2.24, 2.45) is 11.7 Å². The molecule has 4 heteroatoms. The molecule has 0 aromatic rings. The molecule has 64 valence electrons. The van der Waals surface area contributed by atoms with Crippen LogP contribution in [0.25, 0.3) is 0 Å². The lowest BCUT2D eigenvalue weighted by Gasteiger charge is -2.10. The van der Waals surface area contributed by atoms with Gasteiger partial charge < -0.3 is 15.2 Å². The molecule has 0 unspecified atom stereocenters. The minimum absolute atomic E-state index is 0.00546. The monoisotopic (exact) mass is 159 g/mol. The number of carbonyl (C=O) groups is 1. The third-order valence-electron chi connectivity index (χ3n) is 1.90. The molecular weight excluding hydrogens is 146 g/mol. The lowest BCUT2D eigenvalue weighted by molar-refractivity contribution is -0.141. The van der Waals surface area contributed by atoms with Gasteiger partial charge in [-0.15, -0.1) is 0 Å². The Morgan fingerprint density at radius 2 is 2.45 bits per heavy atom. The number of rotatable bonds is 2. The van der Waals surface area contributed by atoms with Gasteiger partial charge >= 0.3 is 5.97 Å². The molecule has 4 nitrogen and oxygen atoms in total. The van der Waals surface area contributed by atoms with Gasteiger partial charge in [-0.1, -0.05) is 0 Å². The topological polar surface area (TPSA) is 61.5 Å². The van der Waals surface area contributed by atoms with Crippen LogP contribution >= 0.6 is 0 Å². The van der Waals surface area contributed by atoms with E-state index in [4.69, 9.17) is 10.5 Å². The first-order valence-corrected chi connectivity index (χ1v) is 3.64. The highest BCUT2D eigenvalue weighted by Crippen LogP contribution is 2.15. The molecule has 0 aromatic heterocycles. The third kappa shape index (κ3) is 2.17. The van der Waals surface area contributed by atoms with E-state index < -0.39 is 0 Å². The number of esters is 1. The predicted molar refractivity (Wildman–Crippen MR) is 38.9 cm³/mol. The molecular formula is C7H13NO3. The Balaban J connectivity index is 2.30. The third-order valence-corrected chi connectivity index (χ3v) is 1.90. The maximum atomic E-state index is 10.8. The normalized spacial score (nSPS) is 30.4. The first-order valence-electron chi connectivity index (χ1n) is 3.64. The zero-order chi connectivity index (χ0) is 8.27. The van der Waals surface area contributed by atoms with E-state index in [0.717, 1.165) is 0 Å². The molecule has 0 saturated carbocycles. The zero-order valence-electron chi connectivity index (χ0n) is 6.58. The van der Waals surface area contributed by atoms with Crippen LogP contribution in [-0.4, -0.2) is 32.3 Å². The molecule has 0 bridgehead atoms. The van der Waals surface area contributed by atoms with Crippen LogP contribution in [0.15, 0.2) is 0 Å². The molecule has 2 N–H and O–H groups in total. The quantitative estimate of drug-likeness (QED) is 0.553. The van der Waals surface area contributed by atoms with Crippen LogP contribution in [0.3, 0.4) is 0 Å². The summed E-state index contributed by atoms with van der Waals surface area (Å²) in [6, 6.07) is -0.00546. The molecule has 1 heterocycles. The van der Waals surface area contributed by atoms with Crippen LogP contribution in [0.1, 0.15) is 6.42 Å². The average Bonchev–Trinajstić information content (AvgIpc) is 2.37. The summed E-state index contributed by atoms with van der Waals surface area (Å²) in [7, 11) is 1.38. The summed E-state index contributed by atoms with van der Waals surface area (Å²) in [6.45, 7) is 1.14. The lowest BCUT2D eigenvalue weighted by atomic mass is 10.0. The summed E-state index contributed by atoms with van der Waals surface area (Å²) >= 11 is 0. The Morgan fingerprint density at radius 1 is 1.73 bits per heavy atom. The zero-order valence-corrected chi connectivity index (χ0v) is 6.58. The number of methoxy groups -OCH3 is 1. The molecule has 0 aromatic carbocycles. The SMILES string of the molecule is COC(=O)C[C@H]1COC[C@@H]1N. The fourth-order valence-electron chi connectivity index (χ4n) is 1.12. The minimum Gasteiger partial charge on any atom is -0.469 e. The van der Waals surface area contributed by atoms with Gasteiger partial charge in [0.15, 0.2) is 0 Å². The molecule has 0 radical (unpaired) electrons. The van der Waals surface area contributed by atoms with Crippen molar-refractivity contribution in [1.82, 2.24) is 0 Å². The Hall–Kier alpha value is -0.610. The Bertz CT molecular complexity index is 149. The predicted octanol–water partition coefficient (Wildman–Crippen LogP) is -0.477. The van der Waals surface area contributed by atoms with E-state index in [1.165, 1.54) is 7.11 Å². The molecule has 1 aliphatic rings. The van der Waals surface area contributed by atoms with Crippen molar-refractivity contribution in [2.45, 2.75) is 12.5 Å². The fourth-order valence-corrected chi connectivity index (χ4v) is 1.12. The summed E-state index contributed by atoms with van der Waals surface area (Å²) in [4.78, 5) is 10.8. The highest BCUT2D eigenvalue weighted by molar-refractivity contribution is 5.69. The molecule has 0 aliphatic carbocycles. The van der Waals surface area contributed by atoms with E-state index in [1.54, 1.807) is 0 Å². The van der Waals surface area contributed by atoms with Crippen LogP contribution in [0.4, 0.5) is 0 Å². The van der Waals surface area contributed by atoms with Crippen molar-refractivity contribution >= 4 is 5.97 Å². The minimum atomic E-state index is -0.212. The average molecular weight is 159 g/mol. The molecule has 1 fully saturated rings. The second-order valence-electron chi connectivity index (χ2n) is 2.74. The van der Waals surface area contributed by atoms with Gasteiger partial charge in [0.25, 0.3) is 0 Å². The smallest absolute Gasteiger partial charge is 0.305 e. The first-order chi connectivity index (χ1) is 5.24. The van der Waals surface area contributed by atoms with Gasteiger partial charge in [0, 0.05) is 12.0 Å². The molecule has 2 atom stereocenters. The second kappa shape index (κ2) is 3.69. The summed E-state index contributed by atoms with van der Waals surface area (Å²) in [5.74, 6) is -0.0709. The molecule has 1 rings (SSSR count). The van der Waals surface area contributed by atoms with Crippen molar-refractivity contribution in [3.63, 3.8) is 0 Å². The van der Waals surface area contributed by atoms with E-state index >= 15 is 0 Å². The van der Waals surface area contributed by atoms with E-state index in [0.29, 0.717) is 19.6 Å². The summed E-state index contributed by atoms with van der Waals surface area (Å²) in [6.07, 6.45) is 0.373. The number of carbonyl (C=O) groups excluding carboxylic acids is 1. The lowest BCUT2D eigenvalue weighted by Crippen LogP contribution is -2.30. The largest absolute Gasteiger partial charge is 0.469 e. The van der Waals surface area contributed by atoms with Crippen LogP contribution in [0.2, 0.25) is 0 Å². The van der Waals surface area contributed by atoms with Crippen LogP contribution in [0.5, 0.6) is 0 Å². The van der Waals surface area contributed by atoms with E-state index in [-0.39, 0.29) is 17.9 Å². The Labute approximate surface area is 65.7 Å². The summed E-state index contributed by atoms with van der Waals surface area (Å²) in [5.41, 5.74) is 5.65. The standard InChI is InChI=1S/C7H13NO3/c1-10-7(9)2-5-3-11-4-6(5)8/h5-6H,2-4,8H2,1H3/t5-,6-/m0/s1. The number of ether oxygens (including phenoxy) is 2. The maximum absolute atomic E-state index is 10.8. The molecule has 0 spiro atoms. The molecule has 1 saturated heterocycles. The van der Waals surface area contributed by atoms with Crippen LogP contribution in [-0.2, 0) is 14.3 Å². The molecule has 11 heavy (non-hydrogen) atoms. The van der Waals surface area contributed by atoms with Gasteiger partial charge in [0.05, 0.1) is 26.7 Å². The fraction of sp³-hybridized carbons (Fsp3) is 0.857. The van der Waals surface area contributed by atoms with Crippen molar-refractivity contribution in [3.8, 4) is 0 Å². The van der Waals surface area contributed by atoms with E-state index in [2.05, 4.69) is 4.74 Å². The number of hydrogen-bond donors (Lipinski definition) is 1. The van der Waals surface area contributed by atoms with E-state index in [9.17, 15) is 4.79 Å².